The number of carbonyl (C=O) groups excluding carboxylic acids is 5. The third-order valence-corrected chi connectivity index (χ3v) is 5.83. The molecule has 1 aromatic carbocycles. The van der Waals surface area contributed by atoms with Crippen LogP contribution in [0.2, 0.25) is 0 Å². The second-order valence-electron chi connectivity index (χ2n) is 11.0. The third-order valence-electron chi connectivity index (χ3n) is 5.83. The fourth-order valence-electron chi connectivity index (χ4n) is 3.71. The second-order valence-corrected chi connectivity index (χ2v) is 11.0. The Morgan fingerprint density at radius 3 is 1.98 bits per heavy atom. The van der Waals surface area contributed by atoms with Crippen LogP contribution in [0.25, 0.3) is 0 Å². The van der Waals surface area contributed by atoms with Gasteiger partial charge in [0.1, 0.15) is 23.9 Å². The van der Waals surface area contributed by atoms with E-state index in [1.807, 2.05) is 0 Å². The van der Waals surface area contributed by atoms with E-state index >= 15 is 0 Å². The van der Waals surface area contributed by atoms with Gasteiger partial charge in [-0.25, -0.2) is 0 Å². The molecule has 1 rings (SSSR count). The molecule has 0 spiro atoms. The molecule has 42 heavy (non-hydrogen) atoms. The van der Waals surface area contributed by atoms with E-state index in [1.54, 1.807) is 12.1 Å². The Morgan fingerprint density at radius 2 is 1.43 bits per heavy atom. The number of nitrogens with one attached hydrogen (secondary N) is 4. The highest BCUT2D eigenvalue weighted by atomic mass is 16.3. The van der Waals surface area contributed by atoms with Gasteiger partial charge in [-0.05, 0) is 69.2 Å². The highest BCUT2D eigenvalue weighted by Crippen LogP contribution is 2.12. The fraction of sp³-hybridized carbons (Fsp3) is 0.633. The van der Waals surface area contributed by atoms with Gasteiger partial charge >= 0.3 is 0 Å². The van der Waals surface area contributed by atoms with Gasteiger partial charge in [0.15, 0.2) is 0 Å². The average Bonchev–Trinajstić information content (AvgIpc) is 2.90. The summed E-state index contributed by atoms with van der Waals surface area (Å²) in [5.74, 6) is -1.15. The summed E-state index contributed by atoms with van der Waals surface area (Å²) < 4.78 is 0. The molecule has 0 heterocycles. The van der Waals surface area contributed by atoms with Crippen molar-refractivity contribution in [2.24, 2.45) is 17.4 Å². The molecule has 238 valence electrons. The predicted molar refractivity (Wildman–Crippen MR) is 163 cm³/mol. The number of phenolic OH excluding ortho intramolecular Hbond substituents is 1. The van der Waals surface area contributed by atoms with Crippen molar-refractivity contribution in [2.75, 3.05) is 13.1 Å². The molecular formula is C30H52N6O6. The van der Waals surface area contributed by atoms with Crippen LogP contribution >= 0.6 is 0 Å². The number of amides is 5. The van der Waals surface area contributed by atoms with Crippen LogP contribution in [0, 0.1) is 5.92 Å². The largest absolute Gasteiger partial charge is 0.508 e. The van der Waals surface area contributed by atoms with Crippen LogP contribution in [0.4, 0.5) is 0 Å². The van der Waals surface area contributed by atoms with Crippen LogP contribution in [-0.2, 0) is 30.4 Å². The maximum atomic E-state index is 12.9. The molecular weight excluding hydrogens is 540 g/mol. The Hall–Kier alpha value is -3.67. The normalized spacial score (nSPS) is 12.6. The smallest absolute Gasteiger partial charge is 0.242 e. The number of rotatable bonds is 18. The molecule has 0 aliphatic rings. The first-order valence-electron chi connectivity index (χ1n) is 14.7. The summed E-state index contributed by atoms with van der Waals surface area (Å²) in [6, 6.07) is 3.89. The van der Waals surface area contributed by atoms with Crippen LogP contribution < -0.4 is 32.7 Å². The number of hydrogen-bond donors (Lipinski definition) is 7. The first-order chi connectivity index (χ1) is 19.8. The highest BCUT2D eigenvalue weighted by molar-refractivity contribution is 5.91. The van der Waals surface area contributed by atoms with Crippen molar-refractivity contribution in [3.05, 3.63) is 29.8 Å². The molecule has 0 aliphatic carbocycles. The topological polar surface area (TPSA) is 206 Å². The summed E-state index contributed by atoms with van der Waals surface area (Å²) in [4.78, 5) is 60.3. The van der Waals surface area contributed by atoms with Crippen molar-refractivity contribution >= 4 is 29.5 Å². The zero-order valence-corrected chi connectivity index (χ0v) is 25.8. The monoisotopic (exact) mass is 592 g/mol. The number of aromatic hydroxyl groups is 1. The van der Waals surface area contributed by atoms with Gasteiger partial charge in [-0.1, -0.05) is 39.3 Å². The fourth-order valence-corrected chi connectivity index (χ4v) is 3.71. The van der Waals surface area contributed by atoms with Crippen molar-refractivity contribution in [1.29, 1.82) is 0 Å². The minimum absolute atomic E-state index is 0.0866. The number of nitrogens with two attached hydrogens (primary N) is 2. The maximum Gasteiger partial charge on any atom is 0.242 e. The van der Waals surface area contributed by atoms with E-state index in [9.17, 15) is 29.1 Å². The molecule has 9 N–H and O–H groups in total. The SMILES string of the molecule is CC(=O)NC(C)C(=O)NC(Cc1ccc(O)cc1)C(=O)NCCCCCC(=O)NC(CCCCN)C(N)=O.CC(C)C. The molecule has 12 nitrogen and oxygen atoms in total. The molecule has 3 atom stereocenters. The number of benzene rings is 1. The quantitative estimate of drug-likeness (QED) is 0.125. The molecule has 0 aliphatic heterocycles. The van der Waals surface area contributed by atoms with Gasteiger partial charge in [-0.15, -0.1) is 0 Å². The Kier molecular flexibility index (Phi) is 20.1. The standard InChI is InChI=1S/C26H42N6O6.C4H10/c1-17(30-18(2)33)25(37)32-22(16-19-10-12-20(34)13-11-19)26(38)29-15-7-3-4-9-23(35)31-21(24(28)36)8-5-6-14-27;1-4(2)3/h10-13,17,21-22,34H,3-9,14-16,27H2,1-2H3,(H2,28,36)(H,29,38)(H,30,33)(H,31,35)(H,32,37);4H,1-3H3. The maximum absolute atomic E-state index is 12.9. The summed E-state index contributed by atoms with van der Waals surface area (Å²) in [6.07, 6.45) is 4.16. The van der Waals surface area contributed by atoms with E-state index in [0.29, 0.717) is 45.2 Å². The minimum Gasteiger partial charge on any atom is -0.508 e. The van der Waals surface area contributed by atoms with Crippen molar-refractivity contribution < 1.29 is 29.1 Å². The number of primary amides is 1. The van der Waals surface area contributed by atoms with Crippen molar-refractivity contribution in [2.45, 2.75) is 104 Å². The molecule has 1 aromatic rings. The lowest BCUT2D eigenvalue weighted by atomic mass is 10.0. The minimum atomic E-state index is -0.890. The summed E-state index contributed by atoms with van der Waals surface area (Å²) >= 11 is 0. The van der Waals surface area contributed by atoms with Crippen LogP contribution in [-0.4, -0.2) is 65.9 Å². The first-order valence-corrected chi connectivity index (χ1v) is 14.7. The number of carbonyl (C=O) groups is 5. The Balaban J connectivity index is 0.00000393. The van der Waals surface area contributed by atoms with Gasteiger partial charge in [0.25, 0.3) is 0 Å². The molecule has 0 fully saturated rings. The van der Waals surface area contributed by atoms with Crippen molar-refractivity contribution in [3.63, 3.8) is 0 Å². The molecule has 0 aromatic heterocycles. The van der Waals surface area contributed by atoms with Gasteiger partial charge in [-0.2, -0.15) is 0 Å². The third kappa shape index (κ3) is 19.4. The van der Waals surface area contributed by atoms with E-state index < -0.39 is 29.9 Å². The van der Waals surface area contributed by atoms with Crippen molar-refractivity contribution in [3.8, 4) is 5.75 Å². The number of phenols is 1. The molecule has 0 saturated carbocycles. The Bertz CT molecular complexity index is 967. The lowest BCUT2D eigenvalue weighted by Gasteiger charge is -2.21. The Morgan fingerprint density at radius 1 is 0.810 bits per heavy atom. The van der Waals surface area contributed by atoms with Gasteiger partial charge in [0, 0.05) is 26.3 Å². The van der Waals surface area contributed by atoms with Gasteiger partial charge in [-0.3, -0.25) is 24.0 Å². The van der Waals surface area contributed by atoms with E-state index in [-0.39, 0.29) is 36.3 Å². The van der Waals surface area contributed by atoms with Gasteiger partial charge in [0.2, 0.25) is 29.5 Å². The first kappa shape index (κ1) is 38.3. The van der Waals surface area contributed by atoms with E-state index in [4.69, 9.17) is 11.5 Å². The number of hydrogen-bond acceptors (Lipinski definition) is 7. The molecule has 12 heteroatoms. The van der Waals surface area contributed by atoms with Crippen LogP contribution in [0.3, 0.4) is 0 Å². The molecule has 3 unspecified atom stereocenters. The average molecular weight is 593 g/mol. The summed E-state index contributed by atoms with van der Waals surface area (Å²) in [7, 11) is 0. The second kappa shape index (κ2) is 22.0. The van der Waals surface area contributed by atoms with E-state index in [1.165, 1.54) is 26.0 Å². The predicted octanol–water partition coefficient (Wildman–Crippen LogP) is 1.38. The molecule has 0 saturated heterocycles. The lowest BCUT2D eigenvalue weighted by Crippen LogP contribution is -2.53. The van der Waals surface area contributed by atoms with Crippen LogP contribution in [0.1, 0.15) is 85.1 Å². The molecule has 0 radical (unpaired) electrons. The zero-order chi connectivity index (χ0) is 32.1. The molecule has 5 amide bonds. The van der Waals surface area contributed by atoms with Crippen LogP contribution in [0.5, 0.6) is 5.75 Å². The summed E-state index contributed by atoms with van der Waals surface area (Å²) in [5, 5.41) is 20.1. The van der Waals surface area contributed by atoms with Crippen molar-refractivity contribution in [1.82, 2.24) is 21.3 Å². The zero-order valence-electron chi connectivity index (χ0n) is 25.8. The lowest BCUT2D eigenvalue weighted by molar-refractivity contribution is -0.131. The number of unbranched alkanes of at least 4 members (excludes halogenated alkanes) is 3. The molecule has 0 bridgehead atoms. The van der Waals surface area contributed by atoms with Crippen LogP contribution in [0.15, 0.2) is 24.3 Å². The summed E-state index contributed by atoms with van der Waals surface area (Å²) in [5.41, 5.74) is 11.5. The van der Waals surface area contributed by atoms with Gasteiger partial charge < -0.3 is 37.8 Å². The van der Waals surface area contributed by atoms with Gasteiger partial charge in [0.05, 0.1) is 0 Å². The summed E-state index contributed by atoms with van der Waals surface area (Å²) in [6.45, 7) is 10.2. The Labute approximate surface area is 250 Å². The van der Waals surface area contributed by atoms with E-state index in [0.717, 1.165) is 17.9 Å². The highest BCUT2D eigenvalue weighted by Gasteiger charge is 2.24. The van der Waals surface area contributed by atoms with E-state index in [2.05, 4.69) is 42.0 Å².